The van der Waals surface area contributed by atoms with E-state index >= 15 is 0 Å². The third-order valence-corrected chi connectivity index (χ3v) is 11.6. The van der Waals surface area contributed by atoms with Crippen molar-refractivity contribution in [2.75, 3.05) is 13.2 Å². The van der Waals surface area contributed by atoms with E-state index in [0.717, 1.165) is 57.8 Å². The summed E-state index contributed by atoms with van der Waals surface area (Å²) in [6, 6.07) is 0. The Morgan fingerprint density at radius 2 is 0.895 bits per heavy atom. The molecule has 57 heavy (non-hydrogen) atoms. The molecule has 8 atom stereocenters. The molecule has 3 unspecified atom stereocenters. The number of unbranched alkanes of at least 4 members (excludes halogenated alkanes) is 23. The zero-order valence-electron chi connectivity index (χ0n) is 35.4. The second-order valence-electron chi connectivity index (χ2n) is 15.9. The lowest BCUT2D eigenvalue weighted by atomic mass is 9.85. The number of carbonyl (C=O) groups is 2. The van der Waals surface area contributed by atoms with Gasteiger partial charge in [0.15, 0.2) is 6.10 Å². The Morgan fingerprint density at radius 1 is 0.526 bits per heavy atom. The van der Waals surface area contributed by atoms with E-state index < -0.39 is 75.7 Å². The van der Waals surface area contributed by atoms with Crippen LogP contribution in [0, 0.1) is 0 Å². The summed E-state index contributed by atoms with van der Waals surface area (Å²) in [6.07, 6.45) is 21.2. The monoisotopic (exact) mass is 837 g/mol. The summed E-state index contributed by atoms with van der Waals surface area (Å²) < 4.78 is 33.5. The van der Waals surface area contributed by atoms with Crippen LogP contribution in [0.5, 0.6) is 0 Å². The second kappa shape index (κ2) is 34.3. The number of aliphatic hydroxyl groups is 5. The first kappa shape index (κ1) is 53.6. The minimum absolute atomic E-state index is 0.0907. The van der Waals surface area contributed by atoms with Crippen molar-refractivity contribution < 1.29 is 63.1 Å². The van der Waals surface area contributed by atoms with Gasteiger partial charge in [-0.25, -0.2) is 4.57 Å². The van der Waals surface area contributed by atoms with Crippen LogP contribution in [0.1, 0.15) is 194 Å². The second-order valence-corrected chi connectivity index (χ2v) is 17.3. The van der Waals surface area contributed by atoms with Gasteiger partial charge in [0.05, 0.1) is 6.61 Å². The number of hydrogen-bond acceptors (Lipinski definition) is 12. The number of phosphoric ester groups is 1. The smallest absolute Gasteiger partial charge is 0.462 e. The summed E-state index contributed by atoms with van der Waals surface area (Å²) in [7, 11) is -5.11. The molecule has 1 saturated carbocycles. The zero-order valence-corrected chi connectivity index (χ0v) is 36.3. The highest BCUT2D eigenvalue weighted by Gasteiger charge is 2.51. The molecule has 13 nitrogen and oxygen atoms in total. The van der Waals surface area contributed by atoms with E-state index in [4.69, 9.17) is 18.5 Å². The van der Waals surface area contributed by atoms with Gasteiger partial charge in [-0.1, -0.05) is 154 Å². The summed E-state index contributed by atoms with van der Waals surface area (Å²) in [5.74, 6) is -1.10. The summed E-state index contributed by atoms with van der Waals surface area (Å²) in [5.41, 5.74) is 0. The van der Waals surface area contributed by atoms with Gasteiger partial charge < -0.3 is 39.9 Å². The van der Waals surface area contributed by atoms with Crippen LogP contribution < -0.4 is 0 Å². The molecule has 0 aromatic carbocycles. The van der Waals surface area contributed by atoms with Gasteiger partial charge in [-0.05, 0) is 38.5 Å². The molecule has 14 heteroatoms. The van der Waals surface area contributed by atoms with Crippen LogP contribution in [-0.2, 0) is 32.7 Å². The van der Waals surface area contributed by atoms with E-state index in [1.54, 1.807) is 0 Å². The van der Waals surface area contributed by atoms with Gasteiger partial charge >= 0.3 is 19.8 Å². The molecule has 0 aliphatic heterocycles. The van der Waals surface area contributed by atoms with Gasteiger partial charge in [-0.3, -0.25) is 18.6 Å². The Bertz CT molecular complexity index is 1060. The van der Waals surface area contributed by atoms with E-state index in [2.05, 4.69) is 26.0 Å². The standard InChI is InChI=1S/C43H81O13P/c1-3-5-7-9-11-13-15-17-18-20-22-24-26-28-30-32-37(45)55-35(34-54-57(51,52)56-43-41(49)39(47)38(46)40(48)42(43)50)33-53-36(44)31-29-27-25-23-21-19-16-14-12-10-8-6-4-2/h17-18,35,38-43,46-50H,3-16,19-34H2,1-2H3,(H,51,52)/b18-17+/t35-,38?,39-,40+,41+,42+,43?/m1/s1. The van der Waals surface area contributed by atoms with Gasteiger partial charge in [0, 0.05) is 12.8 Å². The lowest BCUT2D eigenvalue weighted by Crippen LogP contribution is -2.64. The molecule has 0 bridgehead atoms. The molecule has 1 aliphatic rings. The molecule has 0 spiro atoms. The molecule has 6 N–H and O–H groups in total. The molecular formula is C43H81O13P. The first-order valence-corrected chi connectivity index (χ1v) is 24.0. The summed E-state index contributed by atoms with van der Waals surface area (Å²) in [5, 5.41) is 50.1. The topological polar surface area (TPSA) is 210 Å². The molecule has 0 aromatic heterocycles. The summed E-state index contributed by atoms with van der Waals surface area (Å²) in [6.45, 7) is 3.29. The highest BCUT2D eigenvalue weighted by molar-refractivity contribution is 7.47. The SMILES string of the molecule is CCCCCCCC/C=C/CCCCCCCC(=O)O[C@H](COC(=O)CCCCCCCCCCCCCCC)COP(=O)(O)OC1[C@@H](O)[C@H](O)C(O)[C@H](O)[C@@H]1O. The number of phosphoric acid groups is 1. The summed E-state index contributed by atoms with van der Waals surface area (Å²) >= 11 is 0. The van der Waals surface area contributed by atoms with Crippen LogP contribution in [0.25, 0.3) is 0 Å². The first-order chi connectivity index (χ1) is 27.4. The number of esters is 2. The Morgan fingerprint density at radius 3 is 1.33 bits per heavy atom. The molecule has 1 fully saturated rings. The maximum Gasteiger partial charge on any atom is 0.472 e. The van der Waals surface area contributed by atoms with Crippen LogP contribution in [0.4, 0.5) is 0 Å². The normalized spacial score (nSPS) is 22.7. The Kier molecular flexibility index (Phi) is 32.3. The van der Waals surface area contributed by atoms with Crippen molar-refractivity contribution in [2.24, 2.45) is 0 Å². The van der Waals surface area contributed by atoms with E-state index in [9.17, 15) is 44.6 Å². The number of allylic oxidation sites excluding steroid dienone is 2. The molecule has 1 aliphatic carbocycles. The Hall–Kier alpha value is -1.41. The third-order valence-electron chi connectivity index (χ3n) is 10.6. The molecule has 0 heterocycles. The zero-order chi connectivity index (χ0) is 42.2. The van der Waals surface area contributed by atoms with E-state index in [0.29, 0.717) is 12.8 Å². The molecule has 0 saturated heterocycles. The van der Waals surface area contributed by atoms with Gasteiger partial charge in [0.25, 0.3) is 0 Å². The number of rotatable bonds is 37. The number of hydrogen-bond donors (Lipinski definition) is 6. The fourth-order valence-electron chi connectivity index (χ4n) is 6.93. The van der Waals surface area contributed by atoms with Crippen molar-refractivity contribution in [3.8, 4) is 0 Å². The van der Waals surface area contributed by atoms with Gasteiger partial charge in [0.1, 0.15) is 43.2 Å². The fraction of sp³-hybridized carbons (Fsp3) is 0.907. The van der Waals surface area contributed by atoms with Crippen molar-refractivity contribution in [1.29, 1.82) is 0 Å². The maximum atomic E-state index is 12.8. The molecule has 0 amide bonds. The first-order valence-electron chi connectivity index (χ1n) is 22.5. The van der Waals surface area contributed by atoms with Crippen molar-refractivity contribution in [2.45, 2.75) is 236 Å². The predicted molar refractivity (Wildman–Crippen MR) is 221 cm³/mol. The highest BCUT2D eigenvalue weighted by atomic mass is 31.2. The van der Waals surface area contributed by atoms with Gasteiger partial charge in [-0.2, -0.15) is 0 Å². The maximum absolute atomic E-state index is 12.8. The van der Waals surface area contributed by atoms with E-state index in [1.807, 2.05) is 0 Å². The van der Waals surface area contributed by atoms with Crippen LogP contribution in [0.2, 0.25) is 0 Å². The van der Waals surface area contributed by atoms with Crippen LogP contribution in [0.15, 0.2) is 12.2 Å². The van der Waals surface area contributed by atoms with Crippen molar-refractivity contribution >= 4 is 19.8 Å². The van der Waals surface area contributed by atoms with E-state index in [-0.39, 0.29) is 12.8 Å². The van der Waals surface area contributed by atoms with Crippen LogP contribution >= 0.6 is 7.82 Å². The van der Waals surface area contributed by atoms with Gasteiger partial charge in [-0.15, -0.1) is 0 Å². The van der Waals surface area contributed by atoms with Crippen molar-refractivity contribution in [3.05, 3.63) is 12.2 Å². The lowest BCUT2D eigenvalue weighted by Gasteiger charge is -2.41. The highest BCUT2D eigenvalue weighted by Crippen LogP contribution is 2.47. The number of carbonyl (C=O) groups excluding carboxylic acids is 2. The van der Waals surface area contributed by atoms with Crippen molar-refractivity contribution in [3.63, 3.8) is 0 Å². The number of ether oxygens (including phenoxy) is 2. The minimum Gasteiger partial charge on any atom is -0.462 e. The Balaban J connectivity index is 2.48. The largest absolute Gasteiger partial charge is 0.472 e. The van der Waals surface area contributed by atoms with Crippen LogP contribution in [0.3, 0.4) is 0 Å². The van der Waals surface area contributed by atoms with E-state index in [1.165, 1.54) is 96.3 Å². The molecular weight excluding hydrogens is 755 g/mol. The average molecular weight is 837 g/mol. The third kappa shape index (κ3) is 27.1. The minimum atomic E-state index is -5.11. The number of aliphatic hydroxyl groups excluding tert-OH is 5. The lowest BCUT2D eigenvalue weighted by molar-refractivity contribution is -0.220. The predicted octanol–water partition coefficient (Wildman–Crippen LogP) is 8.28. The molecule has 336 valence electrons. The quantitative estimate of drug-likeness (QED) is 0.0151. The van der Waals surface area contributed by atoms with Crippen LogP contribution in [-0.4, -0.2) is 98.3 Å². The molecule has 0 aromatic rings. The fourth-order valence-corrected chi connectivity index (χ4v) is 7.90. The van der Waals surface area contributed by atoms with Crippen molar-refractivity contribution in [1.82, 2.24) is 0 Å². The Labute approximate surface area is 343 Å². The average Bonchev–Trinajstić information content (AvgIpc) is 3.19. The van der Waals surface area contributed by atoms with Gasteiger partial charge in [0.2, 0.25) is 0 Å². The molecule has 0 radical (unpaired) electrons. The summed E-state index contributed by atoms with van der Waals surface area (Å²) in [4.78, 5) is 35.6. The molecule has 1 rings (SSSR count).